The maximum atomic E-state index is 12.8. The second kappa shape index (κ2) is 11.3. The minimum absolute atomic E-state index is 0.0171. The Bertz CT molecular complexity index is 1000. The van der Waals surface area contributed by atoms with E-state index in [4.69, 9.17) is 4.74 Å². The zero-order chi connectivity index (χ0) is 25.2. The van der Waals surface area contributed by atoms with Gasteiger partial charge in [0, 0.05) is 34.5 Å². The Morgan fingerprint density at radius 3 is 1.69 bits per heavy atom. The molecule has 2 amide bonds. The highest BCUT2D eigenvalue weighted by Gasteiger charge is 2.45. The van der Waals surface area contributed by atoms with E-state index < -0.39 is 34.7 Å². The number of anilines is 2. The van der Waals surface area contributed by atoms with E-state index >= 15 is 0 Å². The second-order valence-electron chi connectivity index (χ2n) is 6.15. The van der Waals surface area contributed by atoms with E-state index in [0.717, 1.165) is 0 Å². The van der Waals surface area contributed by atoms with Crippen molar-refractivity contribution in [2.75, 3.05) is 37.0 Å². The molecule has 180 valence electrons. The topological polar surface area (TPSA) is 113 Å². The number of carbonyl (C=O) groups excluding carboxylic acids is 3. The number of benzene rings is 1. The monoisotopic (exact) mass is 817 g/mol. The molecule has 9 nitrogen and oxygen atoms in total. The number of ether oxygens (including phenoxy) is 1. The average Bonchev–Trinajstić information content (AvgIpc) is 2.63. The van der Waals surface area contributed by atoms with Crippen LogP contribution in [-0.4, -0.2) is 59.0 Å². The molecule has 0 saturated heterocycles. The minimum atomic E-state index is -5.57. The van der Waals surface area contributed by atoms with Crippen molar-refractivity contribution in [1.82, 2.24) is 4.72 Å². The van der Waals surface area contributed by atoms with Gasteiger partial charge in [0.05, 0.1) is 27.6 Å². The number of esters is 1. The largest absolute Gasteiger partial charge is 0.511 e. The van der Waals surface area contributed by atoms with Crippen LogP contribution in [0.1, 0.15) is 24.2 Å². The molecule has 0 aliphatic carbocycles. The molecule has 0 fully saturated rings. The zero-order valence-corrected chi connectivity index (χ0v) is 24.2. The molecular weight excluding hydrogens is 800 g/mol. The summed E-state index contributed by atoms with van der Waals surface area (Å²) in [4.78, 5) is 39.3. The first-order valence-electron chi connectivity index (χ1n) is 8.37. The third-order valence-electron chi connectivity index (χ3n) is 4.02. The molecular formula is C16H17F3I3N3O6S. The standard InChI is InChI=1S/C16H17F3I3N3O6S/c1-7(26)24(3)13-10(20)9(11(21)14(12(13)22)25(4)8(2)27)15(28)31-6-5-23-32(29,30)16(17,18)19/h23H,5-6H2,1-4H3. The van der Waals surface area contributed by atoms with Gasteiger partial charge in [0.15, 0.2) is 0 Å². The first-order valence-corrected chi connectivity index (χ1v) is 13.1. The van der Waals surface area contributed by atoms with Crippen molar-refractivity contribution >= 4 is 107 Å². The third kappa shape index (κ3) is 6.56. The fourth-order valence-electron chi connectivity index (χ4n) is 2.19. The first kappa shape index (κ1) is 29.6. The van der Waals surface area contributed by atoms with Gasteiger partial charge in [0.2, 0.25) is 11.8 Å². The molecule has 0 aromatic heterocycles. The van der Waals surface area contributed by atoms with Crippen LogP contribution < -0.4 is 14.5 Å². The fourth-order valence-corrected chi connectivity index (χ4v) is 7.76. The highest BCUT2D eigenvalue weighted by Crippen LogP contribution is 2.42. The lowest BCUT2D eigenvalue weighted by molar-refractivity contribution is -0.117. The number of nitrogens with one attached hydrogen (secondary N) is 1. The molecule has 0 aliphatic heterocycles. The number of hydrogen-bond donors (Lipinski definition) is 1. The van der Waals surface area contributed by atoms with Gasteiger partial charge in [-0.1, -0.05) is 0 Å². The summed E-state index contributed by atoms with van der Waals surface area (Å²) < 4.78 is 66.6. The molecule has 0 unspecified atom stereocenters. The summed E-state index contributed by atoms with van der Waals surface area (Å²) in [7, 11) is -2.61. The van der Waals surface area contributed by atoms with Crippen molar-refractivity contribution in [3.63, 3.8) is 0 Å². The lowest BCUT2D eigenvalue weighted by Crippen LogP contribution is -2.38. The van der Waals surface area contributed by atoms with Crippen LogP contribution in [0.2, 0.25) is 0 Å². The molecule has 0 bridgehead atoms. The molecule has 32 heavy (non-hydrogen) atoms. The molecule has 1 rings (SSSR count). The summed E-state index contributed by atoms with van der Waals surface area (Å²) in [6, 6.07) is 0. The van der Waals surface area contributed by atoms with Crippen LogP contribution in [0.25, 0.3) is 0 Å². The molecule has 0 saturated carbocycles. The predicted molar refractivity (Wildman–Crippen MR) is 136 cm³/mol. The highest BCUT2D eigenvalue weighted by atomic mass is 127. The highest BCUT2D eigenvalue weighted by molar-refractivity contribution is 14.1. The van der Waals surface area contributed by atoms with Crippen LogP contribution in [0, 0.1) is 10.7 Å². The van der Waals surface area contributed by atoms with Gasteiger partial charge in [-0.05, 0) is 67.8 Å². The Hall–Kier alpha value is -0.480. The van der Waals surface area contributed by atoms with E-state index in [-0.39, 0.29) is 17.4 Å². The minimum Gasteiger partial charge on any atom is -0.461 e. The Labute approximate surface area is 223 Å². The van der Waals surface area contributed by atoms with E-state index in [1.807, 2.05) is 67.8 Å². The molecule has 0 aliphatic rings. The van der Waals surface area contributed by atoms with Gasteiger partial charge < -0.3 is 14.5 Å². The molecule has 16 heteroatoms. The van der Waals surface area contributed by atoms with Gasteiger partial charge in [-0.2, -0.15) is 13.2 Å². The smallest absolute Gasteiger partial charge is 0.461 e. The van der Waals surface area contributed by atoms with Crippen molar-refractivity contribution in [1.29, 1.82) is 0 Å². The van der Waals surface area contributed by atoms with Gasteiger partial charge >= 0.3 is 21.5 Å². The number of sulfonamides is 1. The maximum Gasteiger partial charge on any atom is 0.511 e. The van der Waals surface area contributed by atoms with Crippen LogP contribution in [0.15, 0.2) is 0 Å². The molecule has 1 aromatic rings. The number of hydrogen-bond acceptors (Lipinski definition) is 6. The van der Waals surface area contributed by atoms with Crippen LogP contribution in [0.3, 0.4) is 0 Å². The quantitative estimate of drug-likeness (QED) is 0.258. The van der Waals surface area contributed by atoms with Crippen molar-refractivity contribution < 1.29 is 40.7 Å². The average molecular weight is 817 g/mol. The number of amides is 2. The normalized spacial score (nSPS) is 11.8. The molecule has 1 N–H and O–H groups in total. The summed E-state index contributed by atoms with van der Waals surface area (Å²) in [5, 5.41) is 0. The summed E-state index contributed by atoms with van der Waals surface area (Å²) in [6.07, 6.45) is 0. The number of rotatable bonds is 7. The Balaban J connectivity index is 3.38. The van der Waals surface area contributed by atoms with Gasteiger partial charge in [0.25, 0.3) is 0 Å². The molecule has 0 spiro atoms. The van der Waals surface area contributed by atoms with Crippen molar-refractivity contribution in [3.05, 3.63) is 16.3 Å². The van der Waals surface area contributed by atoms with Crippen LogP contribution in [0.5, 0.6) is 0 Å². The lowest BCUT2D eigenvalue weighted by atomic mass is 10.1. The Morgan fingerprint density at radius 1 is 0.938 bits per heavy atom. The molecule has 0 radical (unpaired) electrons. The molecule has 0 atom stereocenters. The number of nitrogens with zero attached hydrogens (tertiary/aromatic N) is 2. The number of halogens is 6. The van der Waals surface area contributed by atoms with E-state index in [9.17, 15) is 36.0 Å². The lowest BCUT2D eigenvalue weighted by Gasteiger charge is -2.27. The first-order chi connectivity index (χ1) is 14.5. The second-order valence-corrected chi connectivity index (χ2v) is 11.1. The van der Waals surface area contributed by atoms with E-state index in [1.165, 1.54) is 42.5 Å². The van der Waals surface area contributed by atoms with Crippen molar-refractivity contribution in [2.24, 2.45) is 0 Å². The van der Waals surface area contributed by atoms with Gasteiger partial charge in [-0.3, -0.25) is 9.59 Å². The van der Waals surface area contributed by atoms with Gasteiger partial charge in [-0.15, -0.1) is 0 Å². The van der Waals surface area contributed by atoms with Gasteiger partial charge in [-0.25, -0.2) is 17.9 Å². The molecule has 1 aromatic carbocycles. The summed E-state index contributed by atoms with van der Waals surface area (Å²) in [6.45, 7) is 1.14. The number of carbonyl (C=O) groups is 3. The van der Waals surface area contributed by atoms with Crippen LogP contribution in [-0.2, 0) is 24.3 Å². The Kier molecular flexibility index (Phi) is 10.4. The third-order valence-corrected chi connectivity index (χ3v) is 8.34. The van der Waals surface area contributed by atoms with E-state index in [2.05, 4.69) is 0 Å². The van der Waals surface area contributed by atoms with Crippen molar-refractivity contribution in [2.45, 2.75) is 19.4 Å². The summed E-state index contributed by atoms with van der Waals surface area (Å²) in [5.74, 6) is -1.66. The fraction of sp³-hybridized carbons (Fsp3) is 0.438. The maximum absolute atomic E-state index is 12.8. The van der Waals surface area contributed by atoms with Gasteiger partial charge in [0.1, 0.15) is 6.61 Å². The van der Waals surface area contributed by atoms with E-state index in [1.54, 1.807) is 0 Å². The predicted octanol–water partition coefficient (Wildman–Crippen LogP) is 3.06. The van der Waals surface area contributed by atoms with Crippen molar-refractivity contribution in [3.8, 4) is 0 Å². The van der Waals surface area contributed by atoms with Crippen LogP contribution in [0.4, 0.5) is 24.5 Å². The Morgan fingerprint density at radius 2 is 1.34 bits per heavy atom. The zero-order valence-electron chi connectivity index (χ0n) is 16.9. The number of alkyl halides is 3. The summed E-state index contributed by atoms with van der Waals surface area (Å²) >= 11 is 5.61. The van der Waals surface area contributed by atoms with E-state index in [0.29, 0.717) is 22.1 Å². The SMILES string of the molecule is CC(=O)N(C)c1c(I)c(C(=O)OCCNS(=O)(=O)C(F)(F)F)c(I)c(N(C)C(C)=O)c1I. The van der Waals surface area contributed by atoms with Crippen LogP contribution >= 0.6 is 67.8 Å². The molecule has 0 heterocycles. The summed E-state index contributed by atoms with van der Waals surface area (Å²) in [5.41, 5.74) is -4.83.